The minimum absolute atomic E-state index is 0.0439. The summed E-state index contributed by atoms with van der Waals surface area (Å²) in [4.78, 5) is 16.9. The summed E-state index contributed by atoms with van der Waals surface area (Å²) >= 11 is 0. The Morgan fingerprint density at radius 2 is 1.59 bits per heavy atom. The van der Waals surface area contributed by atoms with Crippen LogP contribution in [0.5, 0.6) is 0 Å². The summed E-state index contributed by atoms with van der Waals surface area (Å²) in [6, 6.07) is 15.4. The van der Waals surface area contributed by atoms with E-state index in [1.807, 2.05) is 13.8 Å². The molecular weight excluding hydrogens is 549 g/mol. The highest BCUT2D eigenvalue weighted by Crippen LogP contribution is 2.39. The van der Waals surface area contributed by atoms with Gasteiger partial charge in [-0.25, -0.2) is 4.39 Å². The van der Waals surface area contributed by atoms with Crippen molar-refractivity contribution in [3.05, 3.63) is 106 Å². The van der Waals surface area contributed by atoms with Gasteiger partial charge < -0.3 is 4.90 Å². The molecule has 0 spiro atoms. The van der Waals surface area contributed by atoms with Gasteiger partial charge in [-0.05, 0) is 59.4 Å². The van der Waals surface area contributed by atoms with Gasteiger partial charge in [0, 0.05) is 44.2 Å². The lowest BCUT2D eigenvalue weighted by atomic mass is 9.87. The van der Waals surface area contributed by atoms with Gasteiger partial charge in [-0.1, -0.05) is 50.2 Å². The lowest BCUT2D eigenvalue weighted by molar-refractivity contribution is -0.139. The second-order valence-electron chi connectivity index (χ2n) is 10.9. The standard InChI is InChI=1S/C31H31F7N2O/c1-20(2)15-40(29(41)21-10-12-26(32)13-11-21)18-24-17-39(16-23-6-3-4-9-28(23)31(36,37)38)19-27(24)22-7-5-8-25(14-22)30(33,34)35/h3-14,20,24,27H,15-19H2,1-2H3/t24-,27+/m1/s1. The van der Waals surface area contributed by atoms with Crippen LogP contribution in [0.15, 0.2) is 72.8 Å². The molecule has 3 nitrogen and oxygen atoms in total. The lowest BCUT2D eigenvalue weighted by Gasteiger charge is -2.30. The van der Waals surface area contributed by atoms with Gasteiger partial charge in [-0.15, -0.1) is 0 Å². The number of hydrogen-bond donors (Lipinski definition) is 0. The van der Waals surface area contributed by atoms with Crippen molar-refractivity contribution in [3.63, 3.8) is 0 Å². The topological polar surface area (TPSA) is 23.6 Å². The predicted octanol–water partition coefficient (Wildman–Crippen LogP) is 7.88. The smallest absolute Gasteiger partial charge is 0.338 e. The van der Waals surface area contributed by atoms with Gasteiger partial charge in [0.05, 0.1) is 11.1 Å². The third-order valence-corrected chi connectivity index (χ3v) is 7.29. The number of amides is 1. The summed E-state index contributed by atoms with van der Waals surface area (Å²) in [5.74, 6) is -1.61. The predicted molar refractivity (Wildman–Crippen MR) is 142 cm³/mol. The molecule has 3 aromatic rings. The molecule has 1 aliphatic heterocycles. The highest BCUT2D eigenvalue weighted by molar-refractivity contribution is 5.94. The van der Waals surface area contributed by atoms with Crippen molar-refractivity contribution in [2.24, 2.45) is 11.8 Å². The fourth-order valence-corrected chi connectivity index (χ4v) is 5.51. The first-order valence-corrected chi connectivity index (χ1v) is 13.3. The van der Waals surface area contributed by atoms with Crippen LogP contribution in [0.1, 0.15) is 52.4 Å². The van der Waals surface area contributed by atoms with Crippen LogP contribution in [0.2, 0.25) is 0 Å². The van der Waals surface area contributed by atoms with E-state index in [4.69, 9.17) is 0 Å². The van der Waals surface area contributed by atoms with Gasteiger partial charge in [0.25, 0.3) is 5.91 Å². The summed E-state index contributed by atoms with van der Waals surface area (Å²) in [6.45, 7) is 4.81. The minimum Gasteiger partial charge on any atom is -0.338 e. The van der Waals surface area contributed by atoms with E-state index in [1.54, 1.807) is 15.9 Å². The summed E-state index contributed by atoms with van der Waals surface area (Å²) < 4.78 is 95.2. The summed E-state index contributed by atoms with van der Waals surface area (Å²) in [5, 5.41) is 0. The van der Waals surface area contributed by atoms with E-state index in [-0.39, 0.29) is 55.0 Å². The zero-order chi connectivity index (χ0) is 29.9. The van der Waals surface area contributed by atoms with Crippen molar-refractivity contribution in [2.45, 2.75) is 38.7 Å². The molecule has 0 aromatic heterocycles. The maximum absolute atomic E-state index is 13.7. The van der Waals surface area contributed by atoms with Gasteiger partial charge in [0.15, 0.2) is 0 Å². The Morgan fingerprint density at radius 3 is 2.22 bits per heavy atom. The number of hydrogen-bond acceptors (Lipinski definition) is 2. The van der Waals surface area contributed by atoms with E-state index in [0.717, 1.165) is 18.2 Å². The van der Waals surface area contributed by atoms with Crippen molar-refractivity contribution in [1.29, 1.82) is 0 Å². The Kier molecular flexibility index (Phi) is 9.11. The van der Waals surface area contributed by atoms with Crippen molar-refractivity contribution in [3.8, 4) is 0 Å². The van der Waals surface area contributed by atoms with Gasteiger partial charge in [-0.2, -0.15) is 26.3 Å². The second kappa shape index (κ2) is 12.2. The maximum atomic E-state index is 13.7. The average molecular weight is 581 g/mol. The number of carbonyl (C=O) groups excluding carboxylic acids is 1. The molecule has 0 saturated carbocycles. The van der Waals surface area contributed by atoms with Gasteiger partial charge in [0.2, 0.25) is 0 Å². The van der Waals surface area contributed by atoms with Crippen LogP contribution < -0.4 is 0 Å². The Labute approximate surface area is 234 Å². The number of rotatable bonds is 8. The first kappa shape index (κ1) is 30.6. The van der Waals surface area contributed by atoms with E-state index in [2.05, 4.69) is 0 Å². The Morgan fingerprint density at radius 1 is 0.902 bits per heavy atom. The zero-order valence-electron chi connectivity index (χ0n) is 22.6. The summed E-state index contributed by atoms with van der Waals surface area (Å²) in [7, 11) is 0. The number of halogens is 7. The van der Waals surface area contributed by atoms with Crippen molar-refractivity contribution < 1.29 is 35.5 Å². The first-order chi connectivity index (χ1) is 19.2. The Bertz CT molecular complexity index is 1340. The highest BCUT2D eigenvalue weighted by Gasteiger charge is 2.39. The largest absolute Gasteiger partial charge is 0.416 e. The molecule has 0 radical (unpaired) electrons. The van der Waals surface area contributed by atoms with Crippen LogP contribution in [0, 0.1) is 17.7 Å². The lowest BCUT2D eigenvalue weighted by Crippen LogP contribution is -2.39. The number of nitrogens with zero attached hydrogens (tertiary/aromatic N) is 2. The summed E-state index contributed by atoms with van der Waals surface area (Å²) in [6.07, 6.45) is -9.11. The summed E-state index contributed by atoms with van der Waals surface area (Å²) in [5.41, 5.74) is -0.806. The molecule has 0 unspecified atom stereocenters. The molecule has 1 heterocycles. The van der Waals surface area contributed by atoms with E-state index in [0.29, 0.717) is 12.1 Å². The van der Waals surface area contributed by atoms with Gasteiger partial charge >= 0.3 is 12.4 Å². The van der Waals surface area contributed by atoms with Crippen LogP contribution in [0.4, 0.5) is 30.7 Å². The number of alkyl halides is 6. The van der Waals surface area contributed by atoms with Gasteiger partial charge in [0.1, 0.15) is 5.82 Å². The van der Waals surface area contributed by atoms with Crippen LogP contribution in [-0.2, 0) is 18.9 Å². The molecule has 1 aliphatic rings. The molecule has 1 fully saturated rings. The van der Waals surface area contributed by atoms with E-state index < -0.39 is 35.2 Å². The van der Waals surface area contributed by atoms with Crippen LogP contribution in [0.25, 0.3) is 0 Å². The van der Waals surface area contributed by atoms with E-state index in [9.17, 15) is 35.5 Å². The highest BCUT2D eigenvalue weighted by atomic mass is 19.4. The Hall–Kier alpha value is -3.40. The molecular formula is C31H31F7N2O. The molecule has 10 heteroatoms. The van der Waals surface area contributed by atoms with Crippen molar-refractivity contribution >= 4 is 5.91 Å². The molecule has 0 N–H and O–H groups in total. The quantitative estimate of drug-likeness (QED) is 0.253. The molecule has 3 aromatic carbocycles. The van der Waals surface area contributed by atoms with Crippen LogP contribution in [-0.4, -0.2) is 41.9 Å². The molecule has 1 saturated heterocycles. The van der Waals surface area contributed by atoms with E-state index >= 15 is 0 Å². The first-order valence-electron chi connectivity index (χ1n) is 13.3. The number of likely N-dealkylation sites (tertiary alicyclic amines) is 1. The zero-order valence-corrected chi connectivity index (χ0v) is 22.6. The molecule has 2 atom stereocenters. The molecule has 0 aliphatic carbocycles. The molecule has 0 bridgehead atoms. The minimum atomic E-state index is -4.56. The maximum Gasteiger partial charge on any atom is 0.416 e. The number of benzene rings is 3. The van der Waals surface area contributed by atoms with Crippen molar-refractivity contribution in [2.75, 3.05) is 26.2 Å². The molecule has 1 amide bonds. The third-order valence-electron chi connectivity index (χ3n) is 7.29. The normalized spacial score (nSPS) is 18.2. The van der Waals surface area contributed by atoms with Crippen molar-refractivity contribution in [1.82, 2.24) is 9.80 Å². The number of carbonyl (C=O) groups is 1. The fourth-order valence-electron chi connectivity index (χ4n) is 5.51. The fraction of sp³-hybridized carbons (Fsp3) is 0.387. The van der Waals surface area contributed by atoms with Crippen LogP contribution in [0.3, 0.4) is 0 Å². The molecule has 4 rings (SSSR count). The van der Waals surface area contributed by atoms with E-state index in [1.165, 1.54) is 48.5 Å². The van der Waals surface area contributed by atoms with Gasteiger partial charge in [-0.3, -0.25) is 9.69 Å². The molecule has 220 valence electrons. The second-order valence-corrected chi connectivity index (χ2v) is 10.9. The molecule has 41 heavy (non-hydrogen) atoms. The Balaban J connectivity index is 1.67. The SMILES string of the molecule is CC(C)CN(C[C@H]1CN(Cc2ccccc2C(F)(F)F)C[C@H]1c1cccc(C(F)(F)F)c1)C(=O)c1ccc(F)cc1. The third kappa shape index (κ3) is 7.67. The average Bonchev–Trinajstić information content (AvgIpc) is 3.29. The monoisotopic (exact) mass is 580 g/mol. The van der Waals surface area contributed by atoms with Crippen LogP contribution >= 0.6 is 0 Å².